The third-order valence-corrected chi connectivity index (χ3v) is 3.03. The van der Waals surface area contributed by atoms with Gasteiger partial charge >= 0.3 is 0 Å². The van der Waals surface area contributed by atoms with Gasteiger partial charge in [-0.1, -0.05) is 31.2 Å². The van der Waals surface area contributed by atoms with E-state index in [2.05, 4.69) is 12.2 Å². The van der Waals surface area contributed by atoms with Crippen molar-refractivity contribution in [3.63, 3.8) is 0 Å². The van der Waals surface area contributed by atoms with Crippen LogP contribution in [-0.2, 0) is 27.4 Å². The smallest absolute Gasteiger partial charge is 0.220 e. The van der Waals surface area contributed by atoms with E-state index in [9.17, 15) is 4.79 Å². The van der Waals surface area contributed by atoms with Crippen molar-refractivity contribution in [3.8, 4) is 0 Å². The quantitative estimate of drug-likeness (QED) is 0.637. The van der Waals surface area contributed by atoms with Crippen molar-refractivity contribution in [1.82, 2.24) is 5.32 Å². The van der Waals surface area contributed by atoms with Gasteiger partial charge in [0.25, 0.3) is 0 Å². The average molecular weight is 295 g/mol. The predicted molar refractivity (Wildman–Crippen MR) is 86.1 cm³/mol. The van der Waals surface area contributed by atoms with Gasteiger partial charge in [0.15, 0.2) is 0 Å². The lowest BCUT2D eigenvalue weighted by atomic mass is 10.1. The molecule has 0 aliphatic rings. The van der Waals surface area contributed by atoms with Crippen molar-refractivity contribution in [2.75, 3.05) is 19.8 Å². The summed E-state index contributed by atoms with van der Waals surface area (Å²) in [6, 6.07) is 8.16. The van der Waals surface area contributed by atoms with Crippen LogP contribution in [0.1, 0.15) is 45.7 Å². The molecule has 0 saturated carbocycles. The molecule has 0 fully saturated rings. The fraction of sp³-hybridized carbons (Fsp3) is 0.588. The summed E-state index contributed by atoms with van der Waals surface area (Å²) in [5.41, 5.74) is 2.27. The number of carbonyl (C=O) groups is 1. The minimum atomic E-state index is 0. The molecule has 0 saturated heterocycles. The Bertz CT molecular complexity index is 395. The summed E-state index contributed by atoms with van der Waals surface area (Å²) in [5, 5.41) is 2.92. The molecule has 0 spiro atoms. The normalized spacial score (nSPS) is 10.6. The van der Waals surface area contributed by atoms with Gasteiger partial charge in [-0.2, -0.15) is 0 Å². The van der Waals surface area contributed by atoms with Gasteiger partial charge in [-0.05, 0) is 30.9 Å². The van der Waals surface area contributed by atoms with Crippen molar-refractivity contribution in [1.29, 1.82) is 0 Å². The maximum Gasteiger partial charge on any atom is 0.220 e. The molecule has 0 atom stereocenters. The molecular formula is C17H29NO3. The monoisotopic (exact) mass is 295 g/mol. The minimum Gasteiger partial charge on any atom is -0.382 e. The molecule has 0 aliphatic heterocycles. The van der Waals surface area contributed by atoms with E-state index in [0.29, 0.717) is 32.8 Å². The number of ether oxygens (including phenoxy) is 2. The SMILES string of the molecule is CCCOCc1ccc(CNC(=O)CCCOCC)cc1.[HH]. The van der Waals surface area contributed by atoms with E-state index in [1.54, 1.807) is 0 Å². The van der Waals surface area contributed by atoms with Crippen LogP contribution in [0.2, 0.25) is 0 Å². The molecule has 1 aromatic carbocycles. The summed E-state index contributed by atoms with van der Waals surface area (Å²) in [5.74, 6) is 0.0741. The fourth-order valence-corrected chi connectivity index (χ4v) is 1.86. The lowest BCUT2D eigenvalue weighted by Gasteiger charge is -2.07. The van der Waals surface area contributed by atoms with E-state index in [-0.39, 0.29) is 7.33 Å². The van der Waals surface area contributed by atoms with Crippen LogP contribution in [0.15, 0.2) is 24.3 Å². The molecule has 4 nitrogen and oxygen atoms in total. The van der Waals surface area contributed by atoms with Crippen molar-refractivity contribution < 1.29 is 15.7 Å². The number of carbonyl (C=O) groups excluding carboxylic acids is 1. The highest BCUT2D eigenvalue weighted by Crippen LogP contribution is 2.06. The largest absolute Gasteiger partial charge is 0.382 e. The van der Waals surface area contributed by atoms with Gasteiger partial charge in [0.05, 0.1) is 6.61 Å². The molecule has 21 heavy (non-hydrogen) atoms. The molecule has 0 unspecified atom stereocenters. The van der Waals surface area contributed by atoms with Gasteiger partial charge in [0.2, 0.25) is 5.91 Å². The Morgan fingerprint density at radius 3 is 2.48 bits per heavy atom. The van der Waals surface area contributed by atoms with Crippen molar-refractivity contribution in [2.24, 2.45) is 0 Å². The van der Waals surface area contributed by atoms with E-state index in [0.717, 1.165) is 30.6 Å². The van der Waals surface area contributed by atoms with Gasteiger partial charge in [-0.15, -0.1) is 0 Å². The van der Waals surface area contributed by atoms with E-state index in [4.69, 9.17) is 9.47 Å². The van der Waals surface area contributed by atoms with Gasteiger partial charge in [-0.25, -0.2) is 0 Å². The third kappa shape index (κ3) is 8.48. The van der Waals surface area contributed by atoms with Gasteiger partial charge in [0, 0.05) is 34.2 Å². The lowest BCUT2D eigenvalue weighted by Crippen LogP contribution is -2.22. The number of rotatable bonds is 11. The first-order valence-electron chi connectivity index (χ1n) is 7.76. The number of nitrogens with one attached hydrogen (secondary N) is 1. The van der Waals surface area contributed by atoms with Crippen molar-refractivity contribution >= 4 is 5.91 Å². The number of hydrogen-bond acceptors (Lipinski definition) is 3. The molecule has 0 heterocycles. The predicted octanol–water partition coefficient (Wildman–Crippen LogP) is 3.29. The van der Waals surface area contributed by atoms with Crippen LogP contribution in [-0.4, -0.2) is 25.7 Å². The zero-order chi connectivity index (χ0) is 15.3. The van der Waals surface area contributed by atoms with Crippen LogP contribution in [0.3, 0.4) is 0 Å². The van der Waals surface area contributed by atoms with Crippen LogP contribution in [0.4, 0.5) is 0 Å². The maximum absolute atomic E-state index is 11.6. The molecule has 0 aromatic heterocycles. The highest BCUT2D eigenvalue weighted by atomic mass is 16.5. The van der Waals surface area contributed by atoms with E-state index in [1.807, 2.05) is 31.2 Å². The minimum absolute atomic E-state index is 0. The van der Waals surface area contributed by atoms with Crippen molar-refractivity contribution in [2.45, 2.75) is 46.3 Å². The first-order valence-corrected chi connectivity index (χ1v) is 7.76. The zero-order valence-corrected chi connectivity index (χ0v) is 13.2. The molecule has 1 aromatic rings. The summed E-state index contributed by atoms with van der Waals surface area (Å²) in [6.45, 7) is 7.42. The van der Waals surface area contributed by atoms with E-state index >= 15 is 0 Å². The third-order valence-electron chi connectivity index (χ3n) is 3.03. The standard InChI is InChI=1S/C17H27NO3.H2/c1-3-11-21-14-16-9-7-15(8-10-16)13-18-17(19)6-5-12-20-4-2;/h7-10H,3-6,11-14H2,1-2H3,(H,18,19);1H. The molecule has 1 rings (SSSR count). The summed E-state index contributed by atoms with van der Waals surface area (Å²) in [6.07, 6.45) is 2.32. The molecule has 0 aliphatic carbocycles. The Hall–Kier alpha value is -1.39. The van der Waals surface area contributed by atoms with Gasteiger partial charge in [-0.3, -0.25) is 4.79 Å². The van der Waals surface area contributed by atoms with Crippen LogP contribution >= 0.6 is 0 Å². The van der Waals surface area contributed by atoms with Crippen molar-refractivity contribution in [3.05, 3.63) is 35.4 Å². The fourth-order valence-electron chi connectivity index (χ4n) is 1.86. The van der Waals surface area contributed by atoms with E-state index in [1.165, 1.54) is 0 Å². The highest BCUT2D eigenvalue weighted by Gasteiger charge is 2.01. The Balaban J connectivity index is 0.00000441. The second kappa shape index (κ2) is 11.3. The first kappa shape index (κ1) is 17.7. The van der Waals surface area contributed by atoms with Crippen LogP contribution in [0.5, 0.6) is 0 Å². The maximum atomic E-state index is 11.6. The first-order chi connectivity index (χ1) is 10.3. The Morgan fingerprint density at radius 1 is 1.10 bits per heavy atom. The number of hydrogen-bond donors (Lipinski definition) is 1. The van der Waals surface area contributed by atoms with Gasteiger partial charge < -0.3 is 14.8 Å². The Morgan fingerprint density at radius 2 is 1.81 bits per heavy atom. The summed E-state index contributed by atoms with van der Waals surface area (Å²) in [7, 11) is 0. The molecule has 0 bridgehead atoms. The Labute approximate surface area is 129 Å². The second-order valence-corrected chi connectivity index (χ2v) is 4.95. The summed E-state index contributed by atoms with van der Waals surface area (Å²) in [4.78, 5) is 11.6. The van der Waals surface area contributed by atoms with Crippen LogP contribution < -0.4 is 5.32 Å². The highest BCUT2D eigenvalue weighted by molar-refractivity contribution is 5.75. The zero-order valence-electron chi connectivity index (χ0n) is 13.2. The molecule has 1 amide bonds. The molecule has 120 valence electrons. The molecule has 4 heteroatoms. The Kier molecular flexibility index (Phi) is 9.49. The summed E-state index contributed by atoms with van der Waals surface area (Å²) >= 11 is 0. The van der Waals surface area contributed by atoms with Crippen LogP contribution in [0, 0.1) is 0 Å². The molecule has 1 N–H and O–H groups in total. The number of benzene rings is 1. The summed E-state index contributed by atoms with van der Waals surface area (Å²) < 4.78 is 10.7. The van der Waals surface area contributed by atoms with Gasteiger partial charge in [0.1, 0.15) is 0 Å². The average Bonchev–Trinajstić information content (AvgIpc) is 2.51. The topological polar surface area (TPSA) is 47.6 Å². The second-order valence-electron chi connectivity index (χ2n) is 4.95. The molecule has 0 radical (unpaired) electrons. The molecular weight excluding hydrogens is 266 g/mol. The number of amides is 1. The lowest BCUT2D eigenvalue weighted by molar-refractivity contribution is -0.121. The van der Waals surface area contributed by atoms with Crippen LogP contribution in [0.25, 0.3) is 0 Å². The van der Waals surface area contributed by atoms with E-state index < -0.39 is 0 Å².